The summed E-state index contributed by atoms with van der Waals surface area (Å²) in [6, 6.07) is 1.68. The van der Waals surface area contributed by atoms with Gasteiger partial charge in [-0.25, -0.2) is 0 Å². The molecule has 0 aromatic carbocycles. The Morgan fingerprint density at radius 3 is 2.76 bits per heavy atom. The van der Waals surface area contributed by atoms with Crippen molar-refractivity contribution in [2.24, 2.45) is 5.41 Å². The molecule has 1 aromatic rings. The summed E-state index contributed by atoms with van der Waals surface area (Å²) in [5, 5.41) is 18.2. The van der Waals surface area contributed by atoms with Gasteiger partial charge in [-0.05, 0) is 25.3 Å². The first-order valence-corrected chi connectivity index (χ1v) is 5.63. The monoisotopic (exact) mass is 237 g/mol. The van der Waals surface area contributed by atoms with Crippen LogP contribution in [0.2, 0.25) is 0 Å². The molecule has 0 aliphatic heterocycles. The molecule has 6 nitrogen and oxygen atoms in total. The molecule has 1 aromatic heterocycles. The Balaban J connectivity index is 1.91. The van der Waals surface area contributed by atoms with Crippen LogP contribution in [0.4, 0.5) is 0 Å². The summed E-state index contributed by atoms with van der Waals surface area (Å²) < 4.78 is 0. The Kier molecular flexibility index (Phi) is 2.87. The first-order chi connectivity index (χ1) is 8.07. The number of aromatic amines is 1. The van der Waals surface area contributed by atoms with Gasteiger partial charge in [-0.3, -0.25) is 14.7 Å². The summed E-state index contributed by atoms with van der Waals surface area (Å²) >= 11 is 0. The minimum absolute atomic E-state index is 0.176. The van der Waals surface area contributed by atoms with Crippen molar-refractivity contribution in [3.05, 3.63) is 17.5 Å². The lowest BCUT2D eigenvalue weighted by atomic mass is 10.1. The fraction of sp³-hybridized carbons (Fsp3) is 0.545. The molecule has 1 aliphatic rings. The van der Waals surface area contributed by atoms with E-state index in [0.29, 0.717) is 18.5 Å². The standard InChI is InChI=1S/C11H15N3O3/c1-2-7-5-8(14-13-7)9(15)12-6-11(3-4-11)10(16)17/h5H,2-4,6H2,1H3,(H,12,15)(H,13,14)(H,16,17). The molecule has 0 saturated heterocycles. The number of aliphatic carboxylic acids is 1. The molecule has 1 fully saturated rings. The van der Waals surface area contributed by atoms with Gasteiger partial charge in [0.25, 0.3) is 5.91 Å². The highest BCUT2D eigenvalue weighted by Crippen LogP contribution is 2.45. The van der Waals surface area contributed by atoms with Crippen LogP contribution in [0.3, 0.4) is 0 Å². The van der Waals surface area contributed by atoms with Gasteiger partial charge in [-0.15, -0.1) is 0 Å². The van der Waals surface area contributed by atoms with Gasteiger partial charge in [0, 0.05) is 12.2 Å². The van der Waals surface area contributed by atoms with Gasteiger partial charge < -0.3 is 10.4 Å². The second-order valence-electron chi connectivity index (χ2n) is 4.40. The summed E-state index contributed by atoms with van der Waals surface area (Å²) in [4.78, 5) is 22.6. The van der Waals surface area contributed by atoms with Gasteiger partial charge in [0.2, 0.25) is 0 Å². The van der Waals surface area contributed by atoms with E-state index in [9.17, 15) is 9.59 Å². The van der Waals surface area contributed by atoms with Gasteiger partial charge in [0.15, 0.2) is 0 Å². The van der Waals surface area contributed by atoms with Crippen LogP contribution in [0.5, 0.6) is 0 Å². The van der Waals surface area contributed by atoms with E-state index in [2.05, 4.69) is 15.5 Å². The number of aryl methyl sites for hydroxylation is 1. The van der Waals surface area contributed by atoms with Crippen LogP contribution in [-0.4, -0.2) is 33.7 Å². The average Bonchev–Trinajstić information content (AvgIpc) is 2.96. The molecule has 0 spiro atoms. The maximum absolute atomic E-state index is 11.7. The number of hydrogen-bond donors (Lipinski definition) is 3. The van der Waals surface area contributed by atoms with E-state index in [1.165, 1.54) is 0 Å². The molecule has 3 N–H and O–H groups in total. The average molecular weight is 237 g/mol. The first kappa shape index (κ1) is 11.6. The van der Waals surface area contributed by atoms with E-state index in [1.807, 2.05) is 6.92 Å². The van der Waals surface area contributed by atoms with Crippen molar-refractivity contribution in [3.63, 3.8) is 0 Å². The van der Waals surface area contributed by atoms with Gasteiger partial charge in [0.05, 0.1) is 5.41 Å². The quantitative estimate of drug-likeness (QED) is 0.697. The third-order valence-electron chi connectivity index (χ3n) is 3.14. The highest BCUT2D eigenvalue weighted by atomic mass is 16.4. The molecule has 2 rings (SSSR count). The number of amides is 1. The predicted octanol–water partition coefficient (Wildman–Crippen LogP) is 0.567. The second-order valence-corrected chi connectivity index (χ2v) is 4.40. The molecular formula is C11H15N3O3. The second kappa shape index (κ2) is 4.20. The van der Waals surface area contributed by atoms with E-state index in [0.717, 1.165) is 12.1 Å². The molecule has 6 heteroatoms. The number of H-pyrrole nitrogens is 1. The Hall–Kier alpha value is -1.85. The van der Waals surface area contributed by atoms with E-state index < -0.39 is 11.4 Å². The topological polar surface area (TPSA) is 95.1 Å². The zero-order valence-corrected chi connectivity index (χ0v) is 9.62. The molecule has 1 saturated carbocycles. The summed E-state index contributed by atoms with van der Waals surface area (Å²) in [5.41, 5.74) is 0.456. The van der Waals surface area contributed by atoms with Gasteiger partial charge in [0.1, 0.15) is 5.69 Å². The lowest BCUT2D eigenvalue weighted by Crippen LogP contribution is -2.34. The number of hydrogen-bond acceptors (Lipinski definition) is 3. The highest BCUT2D eigenvalue weighted by molar-refractivity contribution is 5.92. The lowest BCUT2D eigenvalue weighted by Gasteiger charge is -2.09. The minimum Gasteiger partial charge on any atom is -0.481 e. The Labute approximate surface area is 98.4 Å². The fourth-order valence-electron chi connectivity index (χ4n) is 1.62. The summed E-state index contributed by atoms with van der Waals surface area (Å²) in [5.74, 6) is -1.16. The number of rotatable bonds is 5. The maximum Gasteiger partial charge on any atom is 0.311 e. The van der Waals surface area contributed by atoms with Crippen LogP contribution in [0.25, 0.3) is 0 Å². The number of carboxylic acids is 1. The van der Waals surface area contributed by atoms with Crippen LogP contribution in [0, 0.1) is 5.41 Å². The van der Waals surface area contributed by atoms with Crippen molar-refractivity contribution in [2.75, 3.05) is 6.54 Å². The van der Waals surface area contributed by atoms with E-state index in [-0.39, 0.29) is 12.5 Å². The predicted molar refractivity (Wildman–Crippen MR) is 59.6 cm³/mol. The summed E-state index contributed by atoms with van der Waals surface area (Å²) in [7, 11) is 0. The molecule has 0 bridgehead atoms. The Morgan fingerprint density at radius 2 is 2.29 bits per heavy atom. The Bertz CT molecular complexity index is 449. The van der Waals surface area contributed by atoms with Crippen molar-refractivity contribution in [1.29, 1.82) is 0 Å². The minimum atomic E-state index is -0.839. The normalized spacial score (nSPS) is 16.5. The molecule has 17 heavy (non-hydrogen) atoms. The first-order valence-electron chi connectivity index (χ1n) is 5.63. The summed E-state index contributed by atoms with van der Waals surface area (Å²) in [6.07, 6.45) is 2.03. The molecule has 1 aliphatic carbocycles. The maximum atomic E-state index is 11.7. The van der Waals surface area contributed by atoms with Crippen molar-refractivity contribution in [1.82, 2.24) is 15.5 Å². The molecular weight excluding hydrogens is 222 g/mol. The Morgan fingerprint density at radius 1 is 1.59 bits per heavy atom. The van der Waals surface area contributed by atoms with Gasteiger partial charge in [-0.2, -0.15) is 5.10 Å². The fourth-order valence-corrected chi connectivity index (χ4v) is 1.62. The molecule has 1 amide bonds. The third-order valence-corrected chi connectivity index (χ3v) is 3.14. The summed E-state index contributed by atoms with van der Waals surface area (Å²) in [6.45, 7) is 2.13. The van der Waals surface area contributed by atoms with Crippen LogP contribution in [0.15, 0.2) is 6.07 Å². The number of carboxylic acid groups (broad SMARTS) is 1. The molecule has 0 radical (unpaired) electrons. The van der Waals surface area contributed by atoms with Crippen LogP contribution in [0.1, 0.15) is 35.9 Å². The number of aromatic nitrogens is 2. The SMILES string of the molecule is CCc1cc(C(=O)NCC2(C(=O)O)CC2)n[nH]1. The van der Waals surface area contributed by atoms with Crippen molar-refractivity contribution in [2.45, 2.75) is 26.2 Å². The van der Waals surface area contributed by atoms with Gasteiger partial charge in [-0.1, -0.05) is 6.92 Å². The van der Waals surface area contributed by atoms with E-state index in [1.54, 1.807) is 6.07 Å². The lowest BCUT2D eigenvalue weighted by molar-refractivity contribution is -0.143. The van der Waals surface area contributed by atoms with Crippen LogP contribution >= 0.6 is 0 Å². The molecule has 0 unspecified atom stereocenters. The van der Waals surface area contributed by atoms with Gasteiger partial charge >= 0.3 is 5.97 Å². The van der Waals surface area contributed by atoms with Crippen LogP contribution < -0.4 is 5.32 Å². The number of nitrogens with zero attached hydrogens (tertiary/aromatic N) is 1. The number of carbonyl (C=O) groups is 2. The zero-order chi connectivity index (χ0) is 12.5. The number of nitrogens with one attached hydrogen (secondary N) is 2. The van der Waals surface area contributed by atoms with Crippen molar-refractivity contribution in [3.8, 4) is 0 Å². The van der Waals surface area contributed by atoms with E-state index in [4.69, 9.17) is 5.11 Å². The van der Waals surface area contributed by atoms with Crippen molar-refractivity contribution >= 4 is 11.9 Å². The van der Waals surface area contributed by atoms with Crippen molar-refractivity contribution < 1.29 is 14.7 Å². The van der Waals surface area contributed by atoms with E-state index >= 15 is 0 Å². The van der Waals surface area contributed by atoms with Crippen LogP contribution in [-0.2, 0) is 11.2 Å². The molecule has 1 heterocycles. The molecule has 0 atom stereocenters. The molecule has 92 valence electrons. The highest BCUT2D eigenvalue weighted by Gasteiger charge is 2.50. The zero-order valence-electron chi connectivity index (χ0n) is 9.62. The smallest absolute Gasteiger partial charge is 0.311 e. The number of carbonyl (C=O) groups excluding carboxylic acids is 1. The third kappa shape index (κ3) is 2.30. The largest absolute Gasteiger partial charge is 0.481 e.